The highest BCUT2D eigenvalue weighted by molar-refractivity contribution is 6.20. The van der Waals surface area contributed by atoms with Crippen LogP contribution < -0.4 is 4.74 Å². The van der Waals surface area contributed by atoms with Gasteiger partial charge in [0.05, 0.1) is 12.0 Å². The number of rotatable bonds is 3. The zero-order valence-electron chi connectivity index (χ0n) is 8.30. The van der Waals surface area contributed by atoms with E-state index in [1.165, 1.54) is 5.56 Å². The van der Waals surface area contributed by atoms with Gasteiger partial charge in [-0.15, -0.1) is 11.6 Å². The highest BCUT2D eigenvalue weighted by Gasteiger charge is 2.03. The van der Waals surface area contributed by atoms with Crippen molar-refractivity contribution in [2.24, 2.45) is 0 Å². The van der Waals surface area contributed by atoms with Crippen LogP contribution in [0.5, 0.6) is 5.75 Å². The molecular formula is C11H15ClO. The van der Waals surface area contributed by atoms with Gasteiger partial charge in [0.15, 0.2) is 0 Å². The van der Waals surface area contributed by atoms with E-state index in [0.29, 0.717) is 6.61 Å². The summed E-state index contributed by atoms with van der Waals surface area (Å²) >= 11 is 5.99. The van der Waals surface area contributed by atoms with E-state index in [9.17, 15) is 0 Å². The minimum atomic E-state index is 0.0408. The third-order valence-electron chi connectivity index (χ3n) is 1.84. The summed E-state index contributed by atoms with van der Waals surface area (Å²) in [6.07, 6.45) is 0. The quantitative estimate of drug-likeness (QED) is 0.674. The normalized spacial score (nSPS) is 12.6. The van der Waals surface area contributed by atoms with Crippen LogP contribution in [0.1, 0.15) is 30.4 Å². The Morgan fingerprint density at radius 2 is 2.08 bits per heavy atom. The van der Waals surface area contributed by atoms with Crippen molar-refractivity contribution in [1.82, 2.24) is 0 Å². The summed E-state index contributed by atoms with van der Waals surface area (Å²) in [5, 5.41) is 0.0408. The molecule has 1 aromatic carbocycles. The maximum atomic E-state index is 5.99. The summed E-state index contributed by atoms with van der Waals surface area (Å²) in [4.78, 5) is 0. The number of alkyl halides is 1. The van der Waals surface area contributed by atoms with Crippen LogP contribution in [0.15, 0.2) is 18.2 Å². The van der Waals surface area contributed by atoms with Gasteiger partial charge in [-0.25, -0.2) is 0 Å². The first kappa shape index (κ1) is 10.4. The second-order valence-corrected chi connectivity index (χ2v) is 3.78. The maximum absolute atomic E-state index is 5.99. The number of ether oxygens (including phenoxy) is 1. The zero-order valence-corrected chi connectivity index (χ0v) is 9.06. The fourth-order valence-corrected chi connectivity index (χ4v) is 1.38. The minimum Gasteiger partial charge on any atom is -0.494 e. The summed E-state index contributed by atoms with van der Waals surface area (Å²) in [6, 6.07) is 6.10. The lowest BCUT2D eigenvalue weighted by Gasteiger charge is -2.09. The van der Waals surface area contributed by atoms with Crippen molar-refractivity contribution in [3.8, 4) is 5.75 Å². The number of halogens is 1. The first-order valence-corrected chi connectivity index (χ1v) is 4.95. The van der Waals surface area contributed by atoms with Crippen molar-refractivity contribution in [3.63, 3.8) is 0 Å². The predicted molar refractivity (Wildman–Crippen MR) is 56.6 cm³/mol. The van der Waals surface area contributed by atoms with Crippen LogP contribution in [0.25, 0.3) is 0 Å². The minimum absolute atomic E-state index is 0.0408. The molecule has 0 radical (unpaired) electrons. The lowest BCUT2D eigenvalue weighted by Crippen LogP contribution is -1.94. The molecule has 1 unspecified atom stereocenters. The molecule has 0 aliphatic heterocycles. The van der Waals surface area contributed by atoms with E-state index in [1.54, 1.807) is 0 Å². The molecule has 0 amide bonds. The van der Waals surface area contributed by atoms with Crippen LogP contribution >= 0.6 is 11.6 Å². The van der Waals surface area contributed by atoms with Gasteiger partial charge in [0.1, 0.15) is 5.75 Å². The van der Waals surface area contributed by atoms with Gasteiger partial charge in [-0.05, 0) is 44.0 Å². The van der Waals surface area contributed by atoms with Gasteiger partial charge >= 0.3 is 0 Å². The van der Waals surface area contributed by atoms with Crippen LogP contribution in [0.2, 0.25) is 0 Å². The van der Waals surface area contributed by atoms with Crippen LogP contribution in [0.3, 0.4) is 0 Å². The van der Waals surface area contributed by atoms with Gasteiger partial charge in [0.25, 0.3) is 0 Å². The molecule has 0 fully saturated rings. The van der Waals surface area contributed by atoms with E-state index >= 15 is 0 Å². The van der Waals surface area contributed by atoms with Crippen molar-refractivity contribution in [2.45, 2.75) is 26.1 Å². The van der Waals surface area contributed by atoms with Gasteiger partial charge in [0, 0.05) is 0 Å². The summed E-state index contributed by atoms with van der Waals surface area (Å²) in [7, 11) is 0. The molecule has 0 aliphatic carbocycles. The standard InChI is InChI=1S/C11H15ClO/c1-4-13-11-6-8(2)5-10(7-11)9(3)12/h5-7,9H,4H2,1-3H3. The molecule has 0 N–H and O–H groups in total. The molecule has 1 rings (SSSR count). The van der Waals surface area contributed by atoms with Crippen LogP contribution in [0.4, 0.5) is 0 Å². The topological polar surface area (TPSA) is 9.23 Å². The van der Waals surface area contributed by atoms with Crippen LogP contribution in [-0.4, -0.2) is 6.61 Å². The summed E-state index contributed by atoms with van der Waals surface area (Å²) in [5.41, 5.74) is 2.30. The highest BCUT2D eigenvalue weighted by Crippen LogP contribution is 2.25. The molecule has 0 aromatic heterocycles. The van der Waals surface area contributed by atoms with Gasteiger partial charge in [-0.1, -0.05) is 6.07 Å². The van der Waals surface area contributed by atoms with Crippen molar-refractivity contribution in [3.05, 3.63) is 29.3 Å². The molecule has 0 saturated carbocycles. The van der Waals surface area contributed by atoms with E-state index in [-0.39, 0.29) is 5.38 Å². The molecule has 0 heterocycles. The van der Waals surface area contributed by atoms with Gasteiger partial charge in [-0.3, -0.25) is 0 Å². The van der Waals surface area contributed by atoms with E-state index in [0.717, 1.165) is 11.3 Å². The molecular weight excluding hydrogens is 184 g/mol. The summed E-state index contributed by atoms with van der Waals surface area (Å²) in [6.45, 7) is 6.68. The zero-order chi connectivity index (χ0) is 9.84. The predicted octanol–water partition coefficient (Wildman–Crippen LogP) is 3.69. The van der Waals surface area contributed by atoms with E-state index in [4.69, 9.17) is 16.3 Å². The second-order valence-electron chi connectivity index (χ2n) is 3.13. The van der Waals surface area contributed by atoms with Gasteiger partial charge in [0.2, 0.25) is 0 Å². The summed E-state index contributed by atoms with van der Waals surface area (Å²) in [5.74, 6) is 0.907. The highest BCUT2D eigenvalue weighted by atomic mass is 35.5. The van der Waals surface area contributed by atoms with E-state index in [2.05, 4.69) is 6.07 Å². The monoisotopic (exact) mass is 198 g/mol. The third kappa shape index (κ3) is 2.92. The Labute approximate surface area is 84.7 Å². The molecule has 0 spiro atoms. The average molecular weight is 199 g/mol. The SMILES string of the molecule is CCOc1cc(C)cc(C(C)Cl)c1. The van der Waals surface area contributed by atoms with Gasteiger partial charge < -0.3 is 4.74 Å². The molecule has 13 heavy (non-hydrogen) atoms. The van der Waals surface area contributed by atoms with Crippen molar-refractivity contribution in [1.29, 1.82) is 0 Å². The Hall–Kier alpha value is -0.690. The Morgan fingerprint density at radius 3 is 2.62 bits per heavy atom. The molecule has 72 valence electrons. The molecule has 2 heteroatoms. The second kappa shape index (κ2) is 4.52. The molecule has 0 saturated heterocycles. The van der Waals surface area contributed by atoms with E-state index < -0.39 is 0 Å². The van der Waals surface area contributed by atoms with Crippen LogP contribution in [0, 0.1) is 6.92 Å². The number of hydrogen-bond donors (Lipinski definition) is 0. The number of aryl methyl sites for hydroxylation is 1. The van der Waals surface area contributed by atoms with Gasteiger partial charge in [-0.2, -0.15) is 0 Å². The summed E-state index contributed by atoms with van der Waals surface area (Å²) < 4.78 is 5.42. The Balaban J connectivity index is 2.96. The third-order valence-corrected chi connectivity index (χ3v) is 2.10. The largest absolute Gasteiger partial charge is 0.494 e. The lowest BCUT2D eigenvalue weighted by atomic mass is 10.1. The van der Waals surface area contributed by atoms with Crippen molar-refractivity contribution in [2.75, 3.05) is 6.61 Å². The molecule has 1 aromatic rings. The average Bonchev–Trinajstić information content (AvgIpc) is 2.03. The first-order chi connectivity index (χ1) is 6.13. The Bertz CT molecular complexity index is 281. The first-order valence-electron chi connectivity index (χ1n) is 4.52. The van der Waals surface area contributed by atoms with Crippen LogP contribution in [-0.2, 0) is 0 Å². The van der Waals surface area contributed by atoms with Crippen molar-refractivity contribution >= 4 is 11.6 Å². The Kier molecular flexibility index (Phi) is 3.61. The fraction of sp³-hybridized carbons (Fsp3) is 0.455. The molecule has 0 aliphatic rings. The lowest BCUT2D eigenvalue weighted by molar-refractivity contribution is 0.339. The maximum Gasteiger partial charge on any atom is 0.119 e. The molecule has 0 bridgehead atoms. The Morgan fingerprint density at radius 1 is 1.38 bits per heavy atom. The molecule has 1 atom stereocenters. The number of hydrogen-bond acceptors (Lipinski definition) is 1. The fourth-order valence-electron chi connectivity index (χ4n) is 1.26. The smallest absolute Gasteiger partial charge is 0.119 e. The number of benzene rings is 1. The van der Waals surface area contributed by atoms with Crippen molar-refractivity contribution < 1.29 is 4.74 Å². The molecule has 1 nitrogen and oxygen atoms in total. The van der Waals surface area contributed by atoms with E-state index in [1.807, 2.05) is 32.9 Å².